The van der Waals surface area contributed by atoms with Gasteiger partial charge in [0, 0.05) is 12.5 Å². The Hall–Kier alpha value is -1.53. The zero-order valence-electron chi connectivity index (χ0n) is 9.65. The van der Waals surface area contributed by atoms with E-state index < -0.39 is 0 Å². The van der Waals surface area contributed by atoms with Crippen LogP contribution in [0.5, 0.6) is 5.75 Å². The maximum atomic E-state index is 8.36. The topological polar surface area (TPSA) is 59.0 Å². The number of ether oxygens (including phenoxy) is 1. The van der Waals surface area contributed by atoms with Crippen molar-refractivity contribution in [1.29, 1.82) is 5.26 Å². The van der Waals surface area contributed by atoms with Crippen LogP contribution < -0.4 is 10.5 Å². The van der Waals surface area contributed by atoms with Gasteiger partial charge in [0.15, 0.2) is 0 Å². The fourth-order valence-corrected chi connectivity index (χ4v) is 1.36. The van der Waals surface area contributed by atoms with Crippen molar-refractivity contribution >= 4 is 0 Å². The molecule has 0 aliphatic heterocycles. The molecule has 0 aliphatic carbocycles. The summed E-state index contributed by atoms with van der Waals surface area (Å²) in [6.07, 6.45) is 2.42. The highest BCUT2D eigenvalue weighted by Crippen LogP contribution is 2.16. The molecule has 0 unspecified atom stereocenters. The van der Waals surface area contributed by atoms with Gasteiger partial charge in [0.25, 0.3) is 0 Å². The van der Waals surface area contributed by atoms with Gasteiger partial charge >= 0.3 is 0 Å². The lowest BCUT2D eigenvalue weighted by molar-refractivity contribution is 0.307. The number of hydrogen-bond acceptors (Lipinski definition) is 3. The maximum Gasteiger partial charge on any atom is 0.119 e. The van der Waals surface area contributed by atoms with Crippen molar-refractivity contribution in [2.75, 3.05) is 6.61 Å². The van der Waals surface area contributed by atoms with Gasteiger partial charge in [0.05, 0.1) is 12.7 Å². The number of nitriles is 1. The molecule has 0 saturated heterocycles. The third kappa shape index (κ3) is 4.33. The van der Waals surface area contributed by atoms with Crippen molar-refractivity contribution in [2.45, 2.75) is 32.2 Å². The lowest BCUT2D eigenvalue weighted by Crippen LogP contribution is -2.04. The van der Waals surface area contributed by atoms with E-state index in [1.165, 1.54) is 0 Å². The molecule has 1 aromatic carbocycles. The molecule has 0 spiro atoms. The van der Waals surface area contributed by atoms with E-state index in [9.17, 15) is 0 Å². The smallest absolute Gasteiger partial charge is 0.119 e. The molecule has 2 N–H and O–H groups in total. The highest BCUT2D eigenvalue weighted by molar-refractivity contribution is 5.28. The minimum absolute atomic E-state index is 0.0599. The van der Waals surface area contributed by atoms with Crippen molar-refractivity contribution in [2.24, 2.45) is 5.73 Å². The molecule has 1 aromatic rings. The van der Waals surface area contributed by atoms with E-state index in [4.69, 9.17) is 15.7 Å². The Morgan fingerprint density at radius 3 is 2.56 bits per heavy atom. The predicted octanol–water partition coefficient (Wildman–Crippen LogP) is 2.78. The van der Waals surface area contributed by atoms with E-state index >= 15 is 0 Å². The molecule has 1 rings (SSSR count). The second-order valence-electron chi connectivity index (χ2n) is 3.82. The summed E-state index contributed by atoms with van der Waals surface area (Å²) in [4.78, 5) is 0. The van der Waals surface area contributed by atoms with Gasteiger partial charge < -0.3 is 10.5 Å². The van der Waals surface area contributed by atoms with E-state index in [2.05, 4.69) is 6.07 Å². The lowest BCUT2D eigenvalue weighted by Gasteiger charge is -2.08. The number of unbranched alkanes of at least 4 members (excludes halogenated alkanes) is 2. The van der Waals surface area contributed by atoms with E-state index in [1.807, 2.05) is 31.2 Å². The summed E-state index contributed by atoms with van der Waals surface area (Å²) < 4.78 is 5.54. The van der Waals surface area contributed by atoms with Crippen LogP contribution in [0.2, 0.25) is 0 Å². The van der Waals surface area contributed by atoms with Crippen LogP contribution in [0.1, 0.15) is 37.8 Å². The standard InChI is InChI=1S/C13H18N2O/c1-11(15)12-5-7-13(8-6-12)16-10-4-2-3-9-14/h5-8,11H,2-4,10,15H2,1H3/t11-/m1/s1. The van der Waals surface area contributed by atoms with Crippen molar-refractivity contribution in [3.63, 3.8) is 0 Å². The molecule has 3 nitrogen and oxygen atoms in total. The number of hydrogen-bond donors (Lipinski definition) is 1. The summed E-state index contributed by atoms with van der Waals surface area (Å²) in [6.45, 7) is 2.62. The molecule has 0 bridgehead atoms. The van der Waals surface area contributed by atoms with E-state index in [-0.39, 0.29) is 6.04 Å². The Kier molecular flexibility index (Phi) is 5.38. The highest BCUT2D eigenvalue weighted by atomic mass is 16.5. The van der Waals surface area contributed by atoms with Crippen LogP contribution in [0, 0.1) is 11.3 Å². The fourth-order valence-electron chi connectivity index (χ4n) is 1.36. The highest BCUT2D eigenvalue weighted by Gasteiger charge is 1.99. The number of rotatable bonds is 6. The first-order valence-electron chi connectivity index (χ1n) is 5.59. The second kappa shape index (κ2) is 6.86. The third-order valence-electron chi connectivity index (χ3n) is 2.36. The monoisotopic (exact) mass is 218 g/mol. The van der Waals surface area contributed by atoms with Gasteiger partial charge in [-0.1, -0.05) is 12.1 Å². The normalized spacial score (nSPS) is 11.8. The molecule has 0 aromatic heterocycles. The quantitative estimate of drug-likeness (QED) is 0.747. The van der Waals surface area contributed by atoms with Gasteiger partial charge in [0.2, 0.25) is 0 Å². The summed E-state index contributed by atoms with van der Waals surface area (Å²) in [5, 5.41) is 8.36. The zero-order valence-corrected chi connectivity index (χ0v) is 9.65. The lowest BCUT2D eigenvalue weighted by atomic mass is 10.1. The SMILES string of the molecule is C[C@@H](N)c1ccc(OCCCCC#N)cc1. The molecule has 0 amide bonds. The summed E-state index contributed by atoms with van der Waals surface area (Å²) in [5.41, 5.74) is 6.86. The first-order valence-corrected chi connectivity index (χ1v) is 5.59. The van der Waals surface area contributed by atoms with Crippen LogP contribution in [0.15, 0.2) is 24.3 Å². The van der Waals surface area contributed by atoms with Crippen molar-refractivity contribution < 1.29 is 4.74 Å². The van der Waals surface area contributed by atoms with Crippen molar-refractivity contribution in [1.82, 2.24) is 0 Å². The van der Waals surface area contributed by atoms with Crippen LogP contribution in [-0.2, 0) is 0 Å². The predicted molar refractivity (Wildman–Crippen MR) is 64.0 cm³/mol. The molecule has 0 saturated carbocycles. The van der Waals surface area contributed by atoms with Gasteiger partial charge in [-0.2, -0.15) is 5.26 Å². The first-order chi connectivity index (χ1) is 7.74. The summed E-state index contributed by atoms with van der Waals surface area (Å²) in [5.74, 6) is 0.862. The Morgan fingerprint density at radius 2 is 2.00 bits per heavy atom. The second-order valence-corrected chi connectivity index (χ2v) is 3.82. The fraction of sp³-hybridized carbons (Fsp3) is 0.462. The van der Waals surface area contributed by atoms with Crippen molar-refractivity contribution in [3.8, 4) is 11.8 Å². The summed E-state index contributed by atoms with van der Waals surface area (Å²) in [6, 6.07) is 10.0. The van der Waals surface area contributed by atoms with Crippen LogP contribution in [0.4, 0.5) is 0 Å². The molecule has 86 valence electrons. The molecule has 16 heavy (non-hydrogen) atoms. The van der Waals surface area contributed by atoms with E-state index in [0.717, 1.165) is 24.2 Å². The minimum Gasteiger partial charge on any atom is -0.494 e. The van der Waals surface area contributed by atoms with Gasteiger partial charge in [-0.3, -0.25) is 0 Å². The van der Waals surface area contributed by atoms with E-state index in [1.54, 1.807) is 0 Å². The molecule has 3 heteroatoms. The van der Waals surface area contributed by atoms with Crippen LogP contribution in [-0.4, -0.2) is 6.61 Å². The Labute approximate surface area is 96.8 Å². The number of nitrogens with zero attached hydrogens (tertiary/aromatic N) is 1. The van der Waals surface area contributed by atoms with E-state index in [0.29, 0.717) is 13.0 Å². The first kappa shape index (κ1) is 12.5. The molecule has 0 aliphatic rings. The average molecular weight is 218 g/mol. The van der Waals surface area contributed by atoms with Crippen LogP contribution in [0.25, 0.3) is 0 Å². The Balaban J connectivity index is 2.30. The average Bonchev–Trinajstić information content (AvgIpc) is 2.29. The van der Waals surface area contributed by atoms with Gasteiger partial charge in [-0.25, -0.2) is 0 Å². The number of benzene rings is 1. The molecule has 1 atom stereocenters. The molecular formula is C13H18N2O. The molecule has 0 fully saturated rings. The molecular weight excluding hydrogens is 200 g/mol. The Bertz CT molecular complexity index is 338. The summed E-state index contributed by atoms with van der Waals surface area (Å²) >= 11 is 0. The molecule has 0 radical (unpaired) electrons. The van der Waals surface area contributed by atoms with Crippen LogP contribution >= 0.6 is 0 Å². The molecule has 0 heterocycles. The Morgan fingerprint density at radius 1 is 1.31 bits per heavy atom. The third-order valence-corrected chi connectivity index (χ3v) is 2.36. The van der Waals surface area contributed by atoms with Crippen LogP contribution in [0.3, 0.4) is 0 Å². The maximum absolute atomic E-state index is 8.36. The van der Waals surface area contributed by atoms with Gasteiger partial charge in [-0.15, -0.1) is 0 Å². The van der Waals surface area contributed by atoms with Gasteiger partial charge in [-0.05, 0) is 37.5 Å². The summed E-state index contributed by atoms with van der Waals surface area (Å²) in [7, 11) is 0. The van der Waals surface area contributed by atoms with Gasteiger partial charge in [0.1, 0.15) is 5.75 Å². The zero-order chi connectivity index (χ0) is 11.8. The largest absolute Gasteiger partial charge is 0.494 e. The minimum atomic E-state index is 0.0599. The number of nitrogens with two attached hydrogens (primary N) is 1. The van der Waals surface area contributed by atoms with Crippen molar-refractivity contribution in [3.05, 3.63) is 29.8 Å².